The van der Waals surface area contributed by atoms with E-state index in [4.69, 9.17) is 30.8 Å². The van der Waals surface area contributed by atoms with E-state index in [9.17, 15) is 28.8 Å². The number of carbonyl (C=O) groups is 5. The molecule has 0 spiro atoms. The molecule has 21 nitrogen and oxygen atoms in total. The zero-order chi connectivity index (χ0) is 41.5. The Morgan fingerprint density at radius 1 is 0.912 bits per heavy atom. The minimum atomic E-state index is -1.38. The monoisotopic (exact) mass is 793 g/mol. The van der Waals surface area contributed by atoms with E-state index in [0.717, 1.165) is 11.1 Å². The number of H-pyrrole nitrogens is 1. The summed E-state index contributed by atoms with van der Waals surface area (Å²) in [7, 11) is 1.54. The molecule has 21 heteroatoms. The number of rotatable bonds is 20. The van der Waals surface area contributed by atoms with Gasteiger partial charge in [-0.05, 0) is 47.6 Å². The van der Waals surface area contributed by atoms with Crippen molar-refractivity contribution in [1.82, 2.24) is 40.8 Å². The zero-order valence-electron chi connectivity index (χ0n) is 31.6. The van der Waals surface area contributed by atoms with Gasteiger partial charge in [-0.25, -0.2) is 19.2 Å². The first kappa shape index (κ1) is 42.8. The summed E-state index contributed by atoms with van der Waals surface area (Å²) >= 11 is 0. The Labute approximate surface area is 326 Å². The van der Waals surface area contributed by atoms with Gasteiger partial charge in [-0.3, -0.25) is 14.2 Å². The van der Waals surface area contributed by atoms with Crippen molar-refractivity contribution in [1.29, 1.82) is 0 Å². The van der Waals surface area contributed by atoms with Crippen molar-refractivity contribution in [2.45, 2.75) is 58.5 Å². The molecular weight excluding hydrogens is 746 g/mol. The number of imidazole rings is 1. The van der Waals surface area contributed by atoms with Crippen LogP contribution in [0.3, 0.4) is 0 Å². The summed E-state index contributed by atoms with van der Waals surface area (Å²) < 4.78 is 17.2. The first-order valence-corrected chi connectivity index (χ1v) is 17.8. The number of amides is 6. The third-order valence-electron chi connectivity index (χ3n) is 8.37. The van der Waals surface area contributed by atoms with Crippen molar-refractivity contribution in [2.24, 2.45) is 11.7 Å². The summed E-state index contributed by atoms with van der Waals surface area (Å²) in [5, 5.41) is 21.7. The van der Waals surface area contributed by atoms with Crippen LogP contribution in [0.5, 0.6) is 6.01 Å². The number of nitrogens with two attached hydrogens (primary N) is 2. The predicted molar refractivity (Wildman–Crippen MR) is 206 cm³/mol. The standard InChI is InChI=1S/C36H47N11O10/c1-20(2)26(44-35(52)53)31(49)42-25(5-4-14-39-32(38)50)30(48)41-24-12-10-23(11-13-24)19-57-36(54)40-17-21-6-8-22(9-7-21)18-47-29-27(43-34(47)51)28(37)45-33(46-29)56-16-15-55-3/h6-13,20,25-26,44H,4-5,14-19H2,1-3H3,(H,40,54)(H,41,48)(H,42,49)(H,43,51)(H,52,53)(H2,37,45,46)(H3,38,39,50)/t25-,26-/m0/s1. The van der Waals surface area contributed by atoms with Crippen LogP contribution in [0.25, 0.3) is 11.2 Å². The number of aromatic nitrogens is 4. The van der Waals surface area contributed by atoms with Crippen LogP contribution in [0.4, 0.5) is 25.9 Å². The van der Waals surface area contributed by atoms with E-state index >= 15 is 0 Å². The van der Waals surface area contributed by atoms with Gasteiger partial charge in [-0.2, -0.15) is 9.97 Å². The number of aromatic amines is 1. The van der Waals surface area contributed by atoms with Crippen molar-refractivity contribution in [2.75, 3.05) is 37.9 Å². The Balaban J connectivity index is 1.27. The number of alkyl carbamates (subject to hydrolysis) is 1. The maximum Gasteiger partial charge on any atom is 0.407 e. The van der Waals surface area contributed by atoms with Gasteiger partial charge in [0.2, 0.25) is 11.8 Å². The third kappa shape index (κ3) is 13.1. The summed E-state index contributed by atoms with van der Waals surface area (Å²) in [6.07, 6.45) is -1.64. The van der Waals surface area contributed by atoms with Crippen molar-refractivity contribution in [3.05, 3.63) is 75.7 Å². The number of hydrogen-bond donors (Lipinski definition) is 9. The maximum absolute atomic E-state index is 13.2. The van der Waals surface area contributed by atoms with Crippen LogP contribution < -0.4 is 48.5 Å². The van der Waals surface area contributed by atoms with E-state index in [0.29, 0.717) is 29.0 Å². The van der Waals surface area contributed by atoms with Gasteiger partial charge in [0, 0.05) is 25.9 Å². The maximum atomic E-state index is 13.2. The molecule has 0 saturated heterocycles. The lowest BCUT2D eigenvalue weighted by molar-refractivity contribution is -0.128. The smallest absolute Gasteiger partial charge is 0.407 e. The number of anilines is 2. The first-order valence-electron chi connectivity index (χ1n) is 17.8. The Hall–Kier alpha value is -6.90. The summed E-state index contributed by atoms with van der Waals surface area (Å²) in [4.78, 5) is 84.6. The Kier molecular flexibility index (Phi) is 15.5. The molecule has 0 saturated carbocycles. The molecule has 4 aromatic rings. The highest BCUT2D eigenvalue weighted by atomic mass is 16.5. The SMILES string of the molecule is COCCOc1nc(N)c2[nH]c(=O)n(Cc3ccc(CNC(=O)OCc4ccc(NC(=O)[C@H](CCCNC(N)=O)NC(=O)[C@@H](NC(=O)O)C(C)C)cc4)cc3)c2n1. The largest absolute Gasteiger partial charge is 0.465 e. The normalized spacial score (nSPS) is 12.0. The van der Waals surface area contributed by atoms with Gasteiger partial charge in [-0.15, -0.1) is 0 Å². The number of carbonyl (C=O) groups excluding carboxylic acids is 4. The third-order valence-corrected chi connectivity index (χ3v) is 8.37. The minimum Gasteiger partial charge on any atom is -0.465 e. The minimum absolute atomic E-state index is 0.0208. The fourth-order valence-electron chi connectivity index (χ4n) is 5.41. The number of fused-ring (bicyclic) bond motifs is 1. The molecular formula is C36H47N11O10. The topological polar surface area (TPSA) is 309 Å². The summed E-state index contributed by atoms with van der Waals surface area (Å²) in [6, 6.07) is 10.8. The number of carboxylic acid groups (broad SMARTS) is 1. The fraction of sp³-hybridized carbons (Fsp3) is 0.389. The molecule has 2 atom stereocenters. The van der Waals surface area contributed by atoms with Gasteiger partial charge >= 0.3 is 29.9 Å². The summed E-state index contributed by atoms with van der Waals surface area (Å²) in [6.45, 7) is 4.29. The van der Waals surface area contributed by atoms with Crippen LogP contribution in [0.2, 0.25) is 0 Å². The number of ether oxygens (including phenoxy) is 3. The van der Waals surface area contributed by atoms with Gasteiger partial charge in [0.1, 0.15) is 30.8 Å². The number of hydrogen-bond acceptors (Lipinski definition) is 12. The van der Waals surface area contributed by atoms with Gasteiger partial charge in [-0.1, -0.05) is 50.2 Å². The Morgan fingerprint density at radius 2 is 1.60 bits per heavy atom. The lowest BCUT2D eigenvalue weighted by Gasteiger charge is -2.24. The fourth-order valence-corrected chi connectivity index (χ4v) is 5.41. The predicted octanol–water partition coefficient (Wildman–Crippen LogP) is 1.37. The molecule has 0 aliphatic rings. The molecule has 0 bridgehead atoms. The van der Waals surface area contributed by atoms with Crippen LogP contribution >= 0.6 is 0 Å². The van der Waals surface area contributed by atoms with E-state index < -0.39 is 53.7 Å². The average Bonchev–Trinajstić information content (AvgIpc) is 3.48. The van der Waals surface area contributed by atoms with E-state index in [2.05, 4.69) is 41.5 Å². The summed E-state index contributed by atoms with van der Waals surface area (Å²) in [5.41, 5.74) is 13.9. The van der Waals surface area contributed by atoms with Crippen LogP contribution in [0.15, 0.2) is 53.3 Å². The van der Waals surface area contributed by atoms with Gasteiger partial charge < -0.3 is 62.4 Å². The Morgan fingerprint density at radius 3 is 2.25 bits per heavy atom. The number of nitrogen functional groups attached to an aromatic ring is 1. The second kappa shape index (κ2) is 20.7. The van der Waals surface area contributed by atoms with Gasteiger partial charge in [0.05, 0.1) is 13.2 Å². The first-order chi connectivity index (χ1) is 27.2. The van der Waals surface area contributed by atoms with Crippen LogP contribution in [-0.2, 0) is 38.8 Å². The molecule has 306 valence electrons. The lowest BCUT2D eigenvalue weighted by Crippen LogP contribution is -2.54. The number of urea groups is 1. The quantitative estimate of drug-likeness (QED) is 0.0572. The molecule has 2 heterocycles. The second-order valence-electron chi connectivity index (χ2n) is 13.0. The number of nitrogens with one attached hydrogen (secondary N) is 6. The molecule has 2 aromatic carbocycles. The number of benzene rings is 2. The molecule has 0 aliphatic carbocycles. The average molecular weight is 794 g/mol. The molecule has 4 rings (SSSR count). The highest BCUT2D eigenvalue weighted by molar-refractivity contribution is 5.98. The van der Waals surface area contributed by atoms with Crippen LogP contribution in [0.1, 0.15) is 43.4 Å². The van der Waals surface area contributed by atoms with Crippen molar-refractivity contribution < 1.29 is 43.3 Å². The molecule has 0 unspecified atom stereocenters. The Bertz CT molecular complexity index is 2070. The molecule has 0 fully saturated rings. The van der Waals surface area contributed by atoms with E-state index in [-0.39, 0.29) is 57.5 Å². The highest BCUT2D eigenvalue weighted by Gasteiger charge is 2.29. The molecule has 0 radical (unpaired) electrons. The van der Waals surface area contributed by atoms with Crippen LogP contribution in [0, 0.1) is 5.92 Å². The molecule has 0 aliphatic heterocycles. The van der Waals surface area contributed by atoms with E-state index in [1.807, 2.05) is 12.1 Å². The summed E-state index contributed by atoms with van der Waals surface area (Å²) in [5.74, 6) is -1.58. The molecule has 57 heavy (non-hydrogen) atoms. The molecule has 11 N–H and O–H groups in total. The van der Waals surface area contributed by atoms with Crippen molar-refractivity contribution in [3.8, 4) is 6.01 Å². The van der Waals surface area contributed by atoms with Crippen molar-refractivity contribution >= 4 is 52.7 Å². The second-order valence-corrected chi connectivity index (χ2v) is 13.0. The number of nitrogens with zero attached hydrogens (tertiary/aromatic N) is 3. The van der Waals surface area contributed by atoms with Crippen LogP contribution in [-0.4, -0.2) is 93.6 Å². The number of methoxy groups -OCH3 is 1. The van der Waals surface area contributed by atoms with Gasteiger partial charge in [0.15, 0.2) is 11.5 Å². The van der Waals surface area contributed by atoms with Gasteiger partial charge in [0.25, 0.3) is 0 Å². The highest BCUT2D eigenvalue weighted by Crippen LogP contribution is 2.19. The van der Waals surface area contributed by atoms with E-state index in [1.54, 1.807) is 50.2 Å². The lowest BCUT2D eigenvalue weighted by atomic mass is 10.0. The zero-order valence-corrected chi connectivity index (χ0v) is 31.6. The van der Waals surface area contributed by atoms with Crippen molar-refractivity contribution in [3.63, 3.8) is 0 Å². The molecule has 2 aromatic heterocycles. The number of primary amides is 1. The van der Waals surface area contributed by atoms with E-state index in [1.165, 1.54) is 11.7 Å². The molecule has 6 amide bonds.